The lowest BCUT2D eigenvalue weighted by Crippen LogP contribution is -2.17. The smallest absolute Gasteiger partial charge is 0.406 e. The van der Waals surface area contributed by atoms with Crippen LogP contribution in [0.15, 0.2) is 48.6 Å². The molecular weight excluding hydrogens is 351 g/mol. The van der Waals surface area contributed by atoms with E-state index in [1.54, 1.807) is 18.2 Å². The zero-order valence-corrected chi connectivity index (χ0v) is 15.4. The molecule has 0 heterocycles. The minimum atomic E-state index is -4.64. The number of rotatable bonds is 8. The van der Waals surface area contributed by atoms with Crippen LogP contribution in [0.1, 0.15) is 50.5 Å². The SMILES string of the molecule is N#C/C=C/C=C/CC[C@H]1CC[C@H](CCc2ccc(OC(F)(F)F)cc2)CC1. The van der Waals surface area contributed by atoms with Gasteiger partial charge in [-0.25, -0.2) is 0 Å². The van der Waals surface area contributed by atoms with E-state index in [1.807, 2.05) is 12.1 Å². The summed E-state index contributed by atoms with van der Waals surface area (Å²) in [6.07, 6.45) is 11.9. The number of benzene rings is 1. The van der Waals surface area contributed by atoms with E-state index in [0.29, 0.717) is 5.92 Å². The maximum atomic E-state index is 12.2. The second-order valence-electron chi connectivity index (χ2n) is 7.11. The number of ether oxygens (including phenoxy) is 1. The average Bonchev–Trinajstić information content (AvgIpc) is 2.64. The normalized spacial score (nSPS) is 20.8. The van der Waals surface area contributed by atoms with Gasteiger partial charge in [0.2, 0.25) is 0 Å². The minimum absolute atomic E-state index is 0.163. The first-order valence-corrected chi connectivity index (χ1v) is 9.52. The topological polar surface area (TPSA) is 33.0 Å². The zero-order chi connectivity index (χ0) is 19.5. The minimum Gasteiger partial charge on any atom is -0.406 e. The Labute approximate surface area is 159 Å². The molecule has 0 spiro atoms. The fraction of sp³-hybridized carbons (Fsp3) is 0.500. The third-order valence-electron chi connectivity index (χ3n) is 5.12. The summed E-state index contributed by atoms with van der Waals surface area (Å²) in [6, 6.07) is 8.18. The molecule has 2 nitrogen and oxygen atoms in total. The van der Waals surface area contributed by atoms with Crippen molar-refractivity contribution in [1.82, 2.24) is 0 Å². The van der Waals surface area contributed by atoms with Gasteiger partial charge in [0.05, 0.1) is 6.07 Å². The Bertz CT molecular complexity index is 648. The van der Waals surface area contributed by atoms with Crippen LogP contribution >= 0.6 is 0 Å². The Morgan fingerprint density at radius 3 is 2.22 bits per heavy atom. The van der Waals surface area contributed by atoms with Crippen molar-refractivity contribution >= 4 is 0 Å². The predicted octanol–water partition coefficient (Wildman–Crippen LogP) is 6.74. The molecule has 2 rings (SSSR count). The fourth-order valence-corrected chi connectivity index (χ4v) is 3.64. The summed E-state index contributed by atoms with van der Waals surface area (Å²) in [5, 5.41) is 8.40. The molecule has 0 atom stereocenters. The second-order valence-corrected chi connectivity index (χ2v) is 7.11. The van der Waals surface area contributed by atoms with E-state index >= 15 is 0 Å². The van der Waals surface area contributed by atoms with Crippen LogP contribution in [0.3, 0.4) is 0 Å². The van der Waals surface area contributed by atoms with Gasteiger partial charge in [-0.3, -0.25) is 0 Å². The Morgan fingerprint density at radius 1 is 1.00 bits per heavy atom. The van der Waals surface area contributed by atoms with Gasteiger partial charge in [0, 0.05) is 6.08 Å². The molecule has 1 aliphatic rings. The molecule has 0 radical (unpaired) electrons. The van der Waals surface area contributed by atoms with Crippen molar-refractivity contribution in [3.05, 3.63) is 54.1 Å². The maximum absolute atomic E-state index is 12.2. The van der Waals surface area contributed by atoms with Crippen LogP contribution in [-0.4, -0.2) is 6.36 Å². The van der Waals surface area contributed by atoms with Crippen molar-refractivity contribution < 1.29 is 17.9 Å². The maximum Gasteiger partial charge on any atom is 0.573 e. The van der Waals surface area contributed by atoms with Crippen LogP contribution < -0.4 is 4.74 Å². The molecule has 0 aliphatic heterocycles. The number of allylic oxidation sites excluding steroid dienone is 4. The largest absolute Gasteiger partial charge is 0.573 e. The third kappa shape index (κ3) is 8.81. The summed E-state index contributed by atoms with van der Waals surface area (Å²) in [5.41, 5.74) is 1.06. The van der Waals surface area contributed by atoms with E-state index in [4.69, 9.17) is 5.26 Å². The summed E-state index contributed by atoms with van der Waals surface area (Å²) < 4.78 is 40.4. The third-order valence-corrected chi connectivity index (χ3v) is 5.12. The number of nitrogens with zero attached hydrogens (tertiary/aromatic N) is 1. The molecular formula is C22H26F3NO. The monoisotopic (exact) mass is 377 g/mol. The molecule has 0 N–H and O–H groups in total. The summed E-state index contributed by atoms with van der Waals surface area (Å²) in [4.78, 5) is 0. The molecule has 1 aromatic carbocycles. The number of alkyl halides is 3. The number of hydrogen-bond acceptors (Lipinski definition) is 2. The Kier molecular flexibility index (Phi) is 8.44. The molecule has 1 saturated carbocycles. The van der Waals surface area contributed by atoms with Crippen molar-refractivity contribution in [3.63, 3.8) is 0 Å². The van der Waals surface area contributed by atoms with E-state index in [0.717, 1.165) is 30.7 Å². The van der Waals surface area contributed by atoms with E-state index in [2.05, 4.69) is 10.8 Å². The van der Waals surface area contributed by atoms with Crippen LogP contribution in [0, 0.1) is 23.2 Å². The van der Waals surface area contributed by atoms with Crippen LogP contribution in [0.2, 0.25) is 0 Å². The van der Waals surface area contributed by atoms with Gasteiger partial charge in [0.1, 0.15) is 5.75 Å². The summed E-state index contributed by atoms with van der Waals surface area (Å²) in [7, 11) is 0. The van der Waals surface area contributed by atoms with E-state index in [-0.39, 0.29) is 5.75 Å². The van der Waals surface area contributed by atoms with Crippen molar-refractivity contribution in [2.45, 2.75) is 57.7 Å². The Hall–Kier alpha value is -2.22. The Balaban J connectivity index is 1.64. The lowest BCUT2D eigenvalue weighted by Gasteiger charge is -2.28. The number of hydrogen-bond donors (Lipinski definition) is 0. The van der Waals surface area contributed by atoms with Gasteiger partial charge in [-0.1, -0.05) is 56.0 Å². The van der Waals surface area contributed by atoms with Gasteiger partial charge in [-0.05, 0) is 55.2 Å². The van der Waals surface area contributed by atoms with E-state index in [9.17, 15) is 13.2 Å². The fourth-order valence-electron chi connectivity index (χ4n) is 3.64. The lowest BCUT2D eigenvalue weighted by atomic mass is 9.78. The van der Waals surface area contributed by atoms with Crippen molar-refractivity contribution in [2.75, 3.05) is 0 Å². The lowest BCUT2D eigenvalue weighted by molar-refractivity contribution is -0.274. The molecule has 0 amide bonds. The standard InChI is InChI=1S/C22H26F3NO/c23-22(24,25)27-21-15-13-20(14-16-21)12-11-19-9-7-18(8-10-19)6-4-2-1-3-5-17-26/h1-3,5,13-16,18-19H,4,6-12H2/b2-1+,5-3+/t18-,19-. The molecule has 0 aromatic heterocycles. The van der Waals surface area contributed by atoms with Crippen molar-refractivity contribution in [3.8, 4) is 11.8 Å². The molecule has 27 heavy (non-hydrogen) atoms. The molecule has 5 heteroatoms. The molecule has 0 saturated heterocycles. The van der Waals surface area contributed by atoms with Crippen LogP contribution in [0.5, 0.6) is 5.75 Å². The first kappa shape index (κ1) is 21.1. The van der Waals surface area contributed by atoms with Gasteiger partial charge < -0.3 is 4.74 Å². The molecule has 1 aliphatic carbocycles. The van der Waals surface area contributed by atoms with Gasteiger partial charge in [0.15, 0.2) is 0 Å². The van der Waals surface area contributed by atoms with E-state index < -0.39 is 6.36 Å². The van der Waals surface area contributed by atoms with Crippen molar-refractivity contribution in [1.29, 1.82) is 5.26 Å². The summed E-state index contributed by atoms with van der Waals surface area (Å²) in [6.45, 7) is 0. The van der Waals surface area contributed by atoms with Crippen molar-refractivity contribution in [2.24, 2.45) is 11.8 Å². The highest BCUT2D eigenvalue weighted by Crippen LogP contribution is 2.34. The molecule has 0 bridgehead atoms. The first-order valence-electron chi connectivity index (χ1n) is 9.52. The second kappa shape index (κ2) is 10.8. The highest BCUT2D eigenvalue weighted by molar-refractivity contribution is 5.27. The highest BCUT2D eigenvalue weighted by Gasteiger charge is 2.31. The van der Waals surface area contributed by atoms with Gasteiger partial charge in [-0.15, -0.1) is 13.2 Å². The van der Waals surface area contributed by atoms with Crippen LogP contribution in [0.4, 0.5) is 13.2 Å². The number of halogens is 3. The van der Waals surface area contributed by atoms with E-state index in [1.165, 1.54) is 50.3 Å². The van der Waals surface area contributed by atoms with Crippen LogP contribution in [0.25, 0.3) is 0 Å². The van der Waals surface area contributed by atoms with Crippen LogP contribution in [-0.2, 0) is 6.42 Å². The molecule has 1 aromatic rings. The Morgan fingerprint density at radius 2 is 1.63 bits per heavy atom. The quantitative estimate of drug-likeness (QED) is 0.371. The summed E-state index contributed by atoms with van der Waals surface area (Å²) in [5.74, 6) is 1.33. The van der Waals surface area contributed by atoms with Gasteiger partial charge in [-0.2, -0.15) is 5.26 Å². The predicted molar refractivity (Wildman–Crippen MR) is 100 cm³/mol. The molecule has 0 unspecified atom stereocenters. The number of aryl methyl sites for hydroxylation is 1. The number of nitriles is 1. The highest BCUT2D eigenvalue weighted by atomic mass is 19.4. The summed E-state index contributed by atoms with van der Waals surface area (Å²) >= 11 is 0. The van der Waals surface area contributed by atoms with Gasteiger partial charge in [0.25, 0.3) is 0 Å². The van der Waals surface area contributed by atoms with Gasteiger partial charge >= 0.3 is 6.36 Å². The zero-order valence-electron chi connectivity index (χ0n) is 15.4. The molecule has 1 fully saturated rings. The first-order chi connectivity index (χ1) is 13.0. The average molecular weight is 377 g/mol. The molecule has 146 valence electrons.